The van der Waals surface area contributed by atoms with Crippen LogP contribution in [-0.2, 0) is 0 Å². The fourth-order valence-corrected chi connectivity index (χ4v) is 1.75. The first-order valence-electron chi connectivity index (χ1n) is 5.80. The van der Waals surface area contributed by atoms with E-state index in [1.165, 1.54) is 24.3 Å². The summed E-state index contributed by atoms with van der Waals surface area (Å²) in [6, 6.07) is 3.72. The van der Waals surface area contributed by atoms with Gasteiger partial charge >= 0.3 is 0 Å². The molecule has 108 valence electrons. The molecule has 0 heterocycles. The average Bonchev–Trinajstić information content (AvgIpc) is 2.30. The van der Waals surface area contributed by atoms with Gasteiger partial charge in [0.25, 0.3) is 5.92 Å². The predicted molar refractivity (Wildman–Crippen MR) is 77.1 cm³/mol. The van der Waals surface area contributed by atoms with Gasteiger partial charge in [-0.1, -0.05) is 30.3 Å². The highest BCUT2D eigenvalue weighted by Crippen LogP contribution is 2.35. The molecule has 20 heavy (non-hydrogen) atoms. The Labute approximate surface area is 121 Å². The van der Waals surface area contributed by atoms with Crippen molar-refractivity contribution in [1.29, 1.82) is 0 Å². The molecule has 0 unspecified atom stereocenters. The highest BCUT2D eigenvalue weighted by molar-refractivity contribution is 6.30. The molecule has 0 bridgehead atoms. The van der Waals surface area contributed by atoms with E-state index in [9.17, 15) is 13.2 Å². The molecule has 2 N–H and O–H groups in total. The zero-order valence-electron chi connectivity index (χ0n) is 11.2. The van der Waals surface area contributed by atoms with Crippen molar-refractivity contribution in [2.75, 3.05) is 0 Å². The molecule has 1 rings (SSSR count). The molecule has 1 aromatic rings. The lowest BCUT2D eigenvalue weighted by molar-refractivity contribution is 0.0689. The van der Waals surface area contributed by atoms with Crippen molar-refractivity contribution in [2.45, 2.75) is 19.8 Å². The molecule has 0 atom stereocenters. The number of benzene rings is 1. The molecule has 1 aromatic carbocycles. The normalized spacial score (nSPS) is 13.5. The summed E-state index contributed by atoms with van der Waals surface area (Å²) in [6.45, 7) is 5.98. The second kappa shape index (κ2) is 6.18. The standard InChI is InChI=1S/C15H15ClF3N/c1-9(20)4-6-12(15(3,18)19)10(2)11-5-7-14(17)13(16)8-11/h4-8H,2,20H2,1,3H3/b9-4+,12-6+. The van der Waals surface area contributed by atoms with Gasteiger partial charge in [0.15, 0.2) is 0 Å². The van der Waals surface area contributed by atoms with Crippen LogP contribution in [0.5, 0.6) is 0 Å². The highest BCUT2D eigenvalue weighted by Gasteiger charge is 2.29. The number of halogens is 4. The van der Waals surface area contributed by atoms with Gasteiger partial charge < -0.3 is 5.73 Å². The van der Waals surface area contributed by atoms with E-state index < -0.39 is 11.7 Å². The Hall–Kier alpha value is -1.68. The van der Waals surface area contributed by atoms with E-state index in [4.69, 9.17) is 17.3 Å². The van der Waals surface area contributed by atoms with Crippen LogP contribution in [0, 0.1) is 5.82 Å². The second-order valence-corrected chi connectivity index (χ2v) is 4.89. The van der Waals surface area contributed by atoms with Gasteiger partial charge in [-0.15, -0.1) is 0 Å². The molecule has 0 aliphatic carbocycles. The molecule has 5 heteroatoms. The third kappa shape index (κ3) is 4.17. The van der Waals surface area contributed by atoms with E-state index in [0.29, 0.717) is 11.3 Å². The van der Waals surface area contributed by atoms with Crippen LogP contribution in [0.3, 0.4) is 0 Å². The summed E-state index contributed by atoms with van der Waals surface area (Å²) in [5.74, 6) is -3.72. The van der Waals surface area contributed by atoms with E-state index >= 15 is 0 Å². The maximum Gasteiger partial charge on any atom is 0.271 e. The molecular formula is C15H15ClF3N. The summed E-state index contributed by atoms with van der Waals surface area (Å²) in [6.07, 6.45) is 2.57. The van der Waals surface area contributed by atoms with Crippen molar-refractivity contribution in [1.82, 2.24) is 0 Å². The Bertz CT molecular complexity index is 579. The first-order valence-corrected chi connectivity index (χ1v) is 6.17. The van der Waals surface area contributed by atoms with E-state index in [1.54, 1.807) is 6.92 Å². The van der Waals surface area contributed by atoms with Crippen LogP contribution < -0.4 is 5.73 Å². The highest BCUT2D eigenvalue weighted by atomic mass is 35.5. The minimum atomic E-state index is -3.11. The molecule has 0 spiro atoms. The summed E-state index contributed by atoms with van der Waals surface area (Å²) in [4.78, 5) is 0. The van der Waals surface area contributed by atoms with E-state index in [0.717, 1.165) is 13.0 Å². The molecule has 0 aliphatic heterocycles. The molecule has 0 aliphatic rings. The number of hydrogen-bond acceptors (Lipinski definition) is 1. The van der Waals surface area contributed by atoms with Crippen LogP contribution in [0.4, 0.5) is 13.2 Å². The van der Waals surface area contributed by atoms with Crippen molar-refractivity contribution in [3.63, 3.8) is 0 Å². The average molecular weight is 302 g/mol. The lowest BCUT2D eigenvalue weighted by Crippen LogP contribution is -2.15. The Morgan fingerprint density at radius 2 is 1.95 bits per heavy atom. The number of allylic oxidation sites excluding steroid dienone is 5. The summed E-state index contributed by atoms with van der Waals surface area (Å²) < 4.78 is 40.4. The third-order valence-corrected chi connectivity index (χ3v) is 2.87. The van der Waals surface area contributed by atoms with Gasteiger partial charge in [-0.05, 0) is 36.3 Å². The van der Waals surface area contributed by atoms with Crippen molar-refractivity contribution in [3.05, 3.63) is 64.6 Å². The van der Waals surface area contributed by atoms with Crippen LogP contribution in [0.1, 0.15) is 19.4 Å². The van der Waals surface area contributed by atoms with Gasteiger partial charge in [0, 0.05) is 18.2 Å². The summed E-state index contributed by atoms with van der Waals surface area (Å²) in [5.41, 5.74) is 5.92. The lowest BCUT2D eigenvalue weighted by Gasteiger charge is -2.18. The molecule has 0 amide bonds. The van der Waals surface area contributed by atoms with Gasteiger partial charge in [0.1, 0.15) is 5.82 Å². The minimum Gasteiger partial charge on any atom is -0.402 e. The number of hydrogen-bond donors (Lipinski definition) is 1. The first-order chi connectivity index (χ1) is 9.12. The summed E-state index contributed by atoms with van der Waals surface area (Å²) in [5, 5.41) is -0.145. The number of rotatable bonds is 4. The quantitative estimate of drug-likeness (QED) is 0.783. The predicted octanol–water partition coefficient (Wildman–Crippen LogP) is 4.94. The Balaban J connectivity index is 3.28. The van der Waals surface area contributed by atoms with Crippen LogP contribution >= 0.6 is 11.6 Å². The zero-order valence-corrected chi connectivity index (χ0v) is 11.9. The van der Waals surface area contributed by atoms with Gasteiger partial charge in [0.2, 0.25) is 0 Å². The maximum atomic E-state index is 13.6. The SMILES string of the molecule is C=C(/C(=C\C=C(/C)N)C(C)(F)F)c1ccc(F)c(Cl)c1. The van der Waals surface area contributed by atoms with Crippen molar-refractivity contribution < 1.29 is 13.2 Å². The monoisotopic (exact) mass is 301 g/mol. The second-order valence-electron chi connectivity index (χ2n) is 4.49. The van der Waals surface area contributed by atoms with Gasteiger partial charge in [0.05, 0.1) is 5.02 Å². The fraction of sp³-hybridized carbons (Fsp3) is 0.200. The maximum absolute atomic E-state index is 13.6. The van der Waals surface area contributed by atoms with Crippen LogP contribution in [-0.4, -0.2) is 5.92 Å². The first kappa shape index (κ1) is 16.4. The van der Waals surface area contributed by atoms with Gasteiger partial charge in [-0.2, -0.15) is 0 Å². The Morgan fingerprint density at radius 1 is 1.35 bits per heavy atom. The summed E-state index contributed by atoms with van der Waals surface area (Å²) >= 11 is 5.65. The topological polar surface area (TPSA) is 26.0 Å². The van der Waals surface area contributed by atoms with Gasteiger partial charge in [-0.25, -0.2) is 13.2 Å². The van der Waals surface area contributed by atoms with E-state index in [-0.39, 0.29) is 16.2 Å². The summed E-state index contributed by atoms with van der Waals surface area (Å²) in [7, 11) is 0. The smallest absolute Gasteiger partial charge is 0.271 e. The number of alkyl halides is 2. The molecule has 0 radical (unpaired) electrons. The Morgan fingerprint density at radius 3 is 2.40 bits per heavy atom. The van der Waals surface area contributed by atoms with Crippen molar-refractivity contribution >= 4 is 17.2 Å². The fourth-order valence-electron chi connectivity index (χ4n) is 1.57. The lowest BCUT2D eigenvalue weighted by atomic mass is 9.95. The van der Waals surface area contributed by atoms with Crippen molar-refractivity contribution in [3.8, 4) is 0 Å². The van der Waals surface area contributed by atoms with Crippen molar-refractivity contribution in [2.24, 2.45) is 5.73 Å². The molecule has 1 nitrogen and oxygen atoms in total. The third-order valence-electron chi connectivity index (χ3n) is 2.58. The molecular weight excluding hydrogens is 287 g/mol. The zero-order chi connectivity index (χ0) is 15.5. The van der Waals surface area contributed by atoms with Gasteiger partial charge in [-0.3, -0.25) is 0 Å². The largest absolute Gasteiger partial charge is 0.402 e. The minimum absolute atomic E-state index is 0.0666. The van der Waals surface area contributed by atoms with Crippen LogP contribution in [0.25, 0.3) is 5.57 Å². The van der Waals surface area contributed by atoms with Crippen LogP contribution in [0.15, 0.2) is 48.2 Å². The Kier molecular flexibility index (Phi) is 5.06. The van der Waals surface area contributed by atoms with E-state index in [2.05, 4.69) is 6.58 Å². The molecule has 0 saturated carbocycles. The molecule has 0 aromatic heterocycles. The van der Waals surface area contributed by atoms with Crippen LogP contribution in [0.2, 0.25) is 5.02 Å². The molecule has 0 saturated heterocycles. The molecule has 0 fully saturated rings. The number of nitrogens with two attached hydrogens (primary N) is 1. The van der Waals surface area contributed by atoms with E-state index in [1.807, 2.05) is 0 Å².